The molecule has 0 fully saturated rings. The number of rotatable bonds is 5. The first-order valence-electron chi connectivity index (χ1n) is 6.73. The average Bonchev–Trinajstić information content (AvgIpc) is 2.83. The van der Waals surface area contributed by atoms with Gasteiger partial charge in [-0.2, -0.15) is 5.11 Å². The fourth-order valence-corrected chi connectivity index (χ4v) is 2.11. The van der Waals surface area contributed by atoms with Crippen LogP contribution in [0.15, 0.2) is 39.5 Å². The Bertz CT molecular complexity index is 531. The summed E-state index contributed by atoms with van der Waals surface area (Å²) in [5.74, 6) is 0.0249. The van der Waals surface area contributed by atoms with Crippen LogP contribution in [0.2, 0.25) is 0 Å². The van der Waals surface area contributed by atoms with Crippen molar-refractivity contribution in [1.29, 1.82) is 5.41 Å². The molecule has 0 saturated heterocycles. The predicted molar refractivity (Wildman–Crippen MR) is 80.6 cm³/mol. The Kier molecular flexibility index (Phi) is 4.57. The zero-order valence-corrected chi connectivity index (χ0v) is 11.7. The van der Waals surface area contributed by atoms with Crippen molar-refractivity contribution in [3.63, 3.8) is 0 Å². The fraction of sp³-hybridized carbons (Fsp3) is 0.429. The normalized spacial score (nSPS) is 19.9. The van der Waals surface area contributed by atoms with E-state index in [0.29, 0.717) is 5.71 Å². The summed E-state index contributed by atoms with van der Waals surface area (Å²) in [4.78, 5) is 6.62. The first kappa shape index (κ1) is 14.3. The van der Waals surface area contributed by atoms with Crippen LogP contribution in [0, 0.1) is 5.41 Å². The summed E-state index contributed by atoms with van der Waals surface area (Å²) in [5.41, 5.74) is 2.31. The number of benzene rings is 1. The molecule has 1 heterocycles. The largest absolute Gasteiger partial charge is 0.394 e. The molecular weight excluding hydrogens is 254 g/mol. The van der Waals surface area contributed by atoms with Gasteiger partial charge in [0.05, 0.1) is 12.3 Å². The average molecular weight is 273 g/mol. The van der Waals surface area contributed by atoms with E-state index in [2.05, 4.69) is 34.0 Å². The molecule has 106 valence electrons. The molecule has 6 heteroatoms. The van der Waals surface area contributed by atoms with Crippen LogP contribution in [-0.2, 0) is 0 Å². The van der Waals surface area contributed by atoms with Crippen LogP contribution in [0.5, 0.6) is 0 Å². The molecule has 6 nitrogen and oxygen atoms in total. The Morgan fingerprint density at radius 1 is 1.25 bits per heavy atom. The van der Waals surface area contributed by atoms with E-state index in [-0.39, 0.29) is 12.4 Å². The lowest BCUT2D eigenvalue weighted by atomic mass is 10.2. The second kappa shape index (κ2) is 6.38. The van der Waals surface area contributed by atoms with E-state index in [4.69, 9.17) is 5.41 Å². The number of nitrogens with one attached hydrogen (secondary N) is 1. The Morgan fingerprint density at radius 2 is 1.90 bits per heavy atom. The molecular formula is C14H19N5O. The third-order valence-electron chi connectivity index (χ3n) is 3.26. The maximum atomic E-state index is 9.18. The second-order valence-corrected chi connectivity index (χ2v) is 4.45. The van der Waals surface area contributed by atoms with Gasteiger partial charge < -0.3 is 10.0 Å². The lowest BCUT2D eigenvalue weighted by molar-refractivity contribution is 0.290. The molecule has 20 heavy (non-hydrogen) atoms. The van der Waals surface area contributed by atoms with Crippen LogP contribution in [-0.4, -0.2) is 42.4 Å². The summed E-state index contributed by atoms with van der Waals surface area (Å²) in [6, 6.07) is 7.31. The number of anilines is 1. The van der Waals surface area contributed by atoms with E-state index >= 15 is 0 Å². The van der Waals surface area contributed by atoms with E-state index in [9.17, 15) is 5.11 Å². The first-order chi connectivity index (χ1) is 9.69. The molecule has 1 aromatic carbocycles. The minimum atomic E-state index is -0.509. The Balaban J connectivity index is 2.20. The van der Waals surface area contributed by atoms with Crippen LogP contribution in [0.3, 0.4) is 0 Å². The second-order valence-electron chi connectivity index (χ2n) is 4.45. The van der Waals surface area contributed by atoms with E-state index in [1.54, 1.807) is 0 Å². The number of azo groups is 1. The van der Waals surface area contributed by atoms with Gasteiger partial charge in [-0.3, -0.25) is 5.41 Å². The van der Waals surface area contributed by atoms with Crippen molar-refractivity contribution in [1.82, 2.24) is 0 Å². The summed E-state index contributed by atoms with van der Waals surface area (Å²) in [6.45, 7) is 5.97. The number of nitrogens with zero attached hydrogens (tertiary/aromatic N) is 4. The molecule has 1 atom stereocenters. The number of aliphatic imine (C=N–C) groups is 1. The van der Waals surface area contributed by atoms with Gasteiger partial charge in [-0.1, -0.05) is 0 Å². The molecule has 1 aromatic rings. The molecule has 1 unspecified atom stereocenters. The highest BCUT2D eigenvalue weighted by molar-refractivity contribution is 6.44. The van der Waals surface area contributed by atoms with E-state index in [1.807, 2.05) is 24.3 Å². The van der Waals surface area contributed by atoms with Crippen LogP contribution < -0.4 is 4.90 Å². The summed E-state index contributed by atoms with van der Waals surface area (Å²) in [7, 11) is 0. The van der Waals surface area contributed by atoms with Crippen LogP contribution in [0.1, 0.15) is 13.8 Å². The smallest absolute Gasteiger partial charge is 0.190 e. The van der Waals surface area contributed by atoms with Gasteiger partial charge in [0.15, 0.2) is 5.84 Å². The fourth-order valence-electron chi connectivity index (χ4n) is 2.11. The molecule has 2 rings (SSSR count). The van der Waals surface area contributed by atoms with Crippen molar-refractivity contribution >= 4 is 22.9 Å². The molecule has 0 aromatic heterocycles. The number of aliphatic hydroxyl groups excluding tert-OH is 1. The number of aliphatic hydroxyl groups is 1. The Labute approximate surface area is 118 Å². The number of hydrogen-bond donors (Lipinski definition) is 2. The minimum absolute atomic E-state index is 0.0249. The van der Waals surface area contributed by atoms with Crippen LogP contribution in [0.25, 0.3) is 0 Å². The molecule has 0 radical (unpaired) electrons. The molecule has 2 N–H and O–H groups in total. The molecule has 0 bridgehead atoms. The highest BCUT2D eigenvalue weighted by Gasteiger charge is 2.25. The molecule has 0 aliphatic carbocycles. The van der Waals surface area contributed by atoms with Gasteiger partial charge in [-0.15, -0.1) is 5.11 Å². The van der Waals surface area contributed by atoms with Gasteiger partial charge in [0.2, 0.25) is 0 Å². The SMILES string of the molecule is CCN(CC)c1ccc(N=C2C(=N)N=NC2CO)cc1. The maximum absolute atomic E-state index is 9.18. The quantitative estimate of drug-likeness (QED) is 0.863. The minimum Gasteiger partial charge on any atom is -0.394 e. The lowest BCUT2D eigenvalue weighted by Crippen LogP contribution is -2.23. The molecule has 1 aliphatic heterocycles. The summed E-state index contributed by atoms with van der Waals surface area (Å²) < 4.78 is 0. The third-order valence-corrected chi connectivity index (χ3v) is 3.26. The van der Waals surface area contributed by atoms with Crippen molar-refractivity contribution in [2.75, 3.05) is 24.6 Å². The van der Waals surface area contributed by atoms with Crippen molar-refractivity contribution in [2.45, 2.75) is 19.9 Å². The van der Waals surface area contributed by atoms with Gasteiger partial charge in [-0.05, 0) is 38.1 Å². The first-order valence-corrected chi connectivity index (χ1v) is 6.73. The van der Waals surface area contributed by atoms with Crippen molar-refractivity contribution in [2.24, 2.45) is 15.2 Å². The number of hydrogen-bond acceptors (Lipinski definition) is 5. The molecule has 1 aliphatic rings. The van der Waals surface area contributed by atoms with Crippen molar-refractivity contribution < 1.29 is 5.11 Å². The highest BCUT2D eigenvalue weighted by Crippen LogP contribution is 2.21. The van der Waals surface area contributed by atoms with Crippen LogP contribution >= 0.6 is 0 Å². The molecule has 0 saturated carbocycles. The van der Waals surface area contributed by atoms with Crippen LogP contribution in [0.4, 0.5) is 11.4 Å². The lowest BCUT2D eigenvalue weighted by Gasteiger charge is -2.20. The summed E-state index contributed by atoms with van der Waals surface area (Å²) in [5, 5.41) is 24.3. The standard InChI is InChI=1S/C14H19N5O/c1-3-19(4-2)11-7-5-10(6-8-11)16-13-12(9-20)17-18-14(13)15/h5-8,12,15,20H,3-4,9H2,1-2H3. The van der Waals surface area contributed by atoms with Gasteiger partial charge in [0.25, 0.3) is 0 Å². The zero-order chi connectivity index (χ0) is 14.5. The predicted octanol–water partition coefficient (Wildman–Crippen LogP) is 2.41. The molecule has 0 amide bonds. The van der Waals surface area contributed by atoms with Gasteiger partial charge >= 0.3 is 0 Å². The highest BCUT2D eigenvalue weighted by atomic mass is 16.3. The number of amidine groups is 1. The molecule has 0 spiro atoms. The van der Waals surface area contributed by atoms with E-state index < -0.39 is 6.04 Å². The van der Waals surface area contributed by atoms with Gasteiger partial charge in [0, 0.05) is 18.8 Å². The third kappa shape index (κ3) is 2.91. The summed E-state index contributed by atoms with van der Waals surface area (Å²) in [6.07, 6.45) is 0. The Hall–Kier alpha value is -2.08. The topological polar surface area (TPSA) is 84.4 Å². The zero-order valence-electron chi connectivity index (χ0n) is 11.7. The van der Waals surface area contributed by atoms with Gasteiger partial charge in [-0.25, -0.2) is 4.99 Å². The van der Waals surface area contributed by atoms with Crippen molar-refractivity contribution in [3.8, 4) is 0 Å². The van der Waals surface area contributed by atoms with E-state index in [1.165, 1.54) is 0 Å². The monoisotopic (exact) mass is 273 g/mol. The van der Waals surface area contributed by atoms with Crippen molar-refractivity contribution in [3.05, 3.63) is 24.3 Å². The maximum Gasteiger partial charge on any atom is 0.190 e. The van der Waals surface area contributed by atoms with E-state index in [0.717, 1.165) is 24.5 Å². The Morgan fingerprint density at radius 3 is 2.45 bits per heavy atom. The van der Waals surface area contributed by atoms with Gasteiger partial charge in [0.1, 0.15) is 11.8 Å². The summed E-state index contributed by atoms with van der Waals surface area (Å²) >= 11 is 0.